The van der Waals surface area contributed by atoms with Gasteiger partial charge in [-0.3, -0.25) is 4.79 Å². The lowest BCUT2D eigenvalue weighted by molar-refractivity contribution is -0.136. The molecule has 3 N–H and O–H groups in total. The van der Waals surface area contributed by atoms with Gasteiger partial charge in [0.15, 0.2) is 0 Å². The van der Waals surface area contributed by atoms with E-state index in [-0.39, 0.29) is 17.9 Å². The minimum Gasteiger partial charge on any atom is -0.341 e. The molecule has 0 saturated heterocycles. The SMILES string of the molecule is CN(C(=O)[C@@H](N)C1CCC(NS(=O)(=O)c2cccc3ccccc23)CC1)C1CCC1. The van der Waals surface area contributed by atoms with E-state index in [1.807, 2.05) is 42.3 Å². The first-order chi connectivity index (χ1) is 14.4. The topological polar surface area (TPSA) is 92.5 Å². The third-order valence-corrected chi connectivity index (χ3v) is 8.47. The second-order valence-electron chi connectivity index (χ2n) is 8.77. The Morgan fingerprint density at radius 2 is 1.70 bits per heavy atom. The number of benzene rings is 2. The van der Waals surface area contributed by atoms with Gasteiger partial charge in [0.1, 0.15) is 0 Å². The second kappa shape index (κ2) is 8.65. The number of amides is 1. The maximum atomic E-state index is 13.0. The van der Waals surface area contributed by atoms with Crippen molar-refractivity contribution in [1.82, 2.24) is 9.62 Å². The van der Waals surface area contributed by atoms with Gasteiger partial charge in [0, 0.05) is 24.5 Å². The number of rotatable bonds is 6. The molecule has 2 saturated carbocycles. The number of sulfonamides is 1. The number of nitrogens with one attached hydrogen (secondary N) is 1. The predicted molar refractivity (Wildman–Crippen MR) is 118 cm³/mol. The molecule has 4 rings (SSSR count). The van der Waals surface area contributed by atoms with Crippen LogP contribution >= 0.6 is 0 Å². The summed E-state index contributed by atoms with van der Waals surface area (Å²) in [6.45, 7) is 0. The molecule has 0 bridgehead atoms. The van der Waals surface area contributed by atoms with Crippen molar-refractivity contribution < 1.29 is 13.2 Å². The van der Waals surface area contributed by atoms with E-state index in [0.717, 1.165) is 36.5 Å². The summed E-state index contributed by atoms with van der Waals surface area (Å²) in [5.74, 6) is 0.137. The van der Waals surface area contributed by atoms with Crippen LogP contribution in [0.5, 0.6) is 0 Å². The Bertz CT molecular complexity index is 1010. The van der Waals surface area contributed by atoms with E-state index < -0.39 is 16.1 Å². The van der Waals surface area contributed by atoms with Gasteiger partial charge in [0.25, 0.3) is 0 Å². The highest BCUT2D eigenvalue weighted by Gasteiger charge is 2.35. The van der Waals surface area contributed by atoms with Gasteiger partial charge in [-0.05, 0) is 62.3 Å². The van der Waals surface area contributed by atoms with E-state index in [4.69, 9.17) is 5.73 Å². The van der Waals surface area contributed by atoms with Crippen LogP contribution in [0.2, 0.25) is 0 Å². The van der Waals surface area contributed by atoms with Gasteiger partial charge in [-0.1, -0.05) is 36.4 Å². The van der Waals surface area contributed by atoms with Crippen LogP contribution in [0, 0.1) is 5.92 Å². The molecule has 162 valence electrons. The summed E-state index contributed by atoms with van der Waals surface area (Å²) in [5.41, 5.74) is 6.31. The molecule has 2 fully saturated rings. The summed E-state index contributed by atoms with van der Waals surface area (Å²) in [6, 6.07) is 12.6. The zero-order chi connectivity index (χ0) is 21.3. The molecule has 6 nitrogen and oxygen atoms in total. The Hall–Kier alpha value is -1.96. The molecular weight excluding hydrogens is 398 g/mol. The van der Waals surface area contributed by atoms with Crippen LogP contribution in [0.1, 0.15) is 44.9 Å². The summed E-state index contributed by atoms with van der Waals surface area (Å²) in [4.78, 5) is 14.8. The third-order valence-electron chi connectivity index (χ3n) is 6.90. The van der Waals surface area contributed by atoms with Crippen LogP contribution in [-0.2, 0) is 14.8 Å². The lowest BCUT2D eigenvalue weighted by atomic mass is 9.81. The predicted octanol–water partition coefficient (Wildman–Crippen LogP) is 3.02. The third kappa shape index (κ3) is 4.24. The van der Waals surface area contributed by atoms with Gasteiger partial charge in [-0.15, -0.1) is 0 Å². The van der Waals surface area contributed by atoms with Crippen LogP contribution < -0.4 is 10.5 Å². The number of nitrogens with zero attached hydrogens (tertiary/aromatic N) is 1. The van der Waals surface area contributed by atoms with Crippen molar-refractivity contribution in [2.75, 3.05) is 7.05 Å². The van der Waals surface area contributed by atoms with Crippen molar-refractivity contribution in [2.24, 2.45) is 11.7 Å². The van der Waals surface area contributed by atoms with Crippen molar-refractivity contribution in [2.45, 2.75) is 68.0 Å². The van der Waals surface area contributed by atoms with Crippen molar-refractivity contribution in [1.29, 1.82) is 0 Å². The summed E-state index contributed by atoms with van der Waals surface area (Å²) in [6.07, 6.45) is 6.22. The molecule has 7 heteroatoms. The first-order valence-electron chi connectivity index (χ1n) is 10.9. The molecule has 1 atom stereocenters. The molecule has 0 spiro atoms. The fourth-order valence-corrected chi connectivity index (χ4v) is 6.23. The average Bonchev–Trinajstić information content (AvgIpc) is 2.71. The standard InChI is InChI=1S/C23H31N3O3S/c1-26(19-8-5-9-19)23(27)22(24)17-12-14-18(15-13-17)25-30(28,29)21-11-4-7-16-6-2-3-10-20(16)21/h2-4,6-7,10-11,17-19,22,25H,5,8-9,12-15,24H2,1H3/t17?,18?,22-/m0/s1. The Balaban J connectivity index is 1.37. The highest BCUT2D eigenvalue weighted by molar-refractivity contribution is 7.89. The van der Waals surface area contributed by atoms with Gasteiger partial charge < -0.3 is 10.6 Å². The number of likely N-dealkylation sites (N-methyl/N-ethyl adjacent to an activating group) is 1. The maximum Gasteiger partial charge on any atom is 0.241 e. The fraction of sp³-hybridized carbons (Fsp3) is 0.522. The van der Waals surface area contributed by atoms with Crippen LogP contribution in [0.25, 0.3) is 10.8 Å². The van der Waals surface area contributed by atoms with Crippen molar-refractivity contribution in [3.05, 3.63) is 42.5 Å². The van der Waals surface area contributed by atoms with Crippen molar-refractivity contribution in [3.63, 3.8) is 0 Å². The summed E-state index contributed by atoms with van der Waals surface area (Å²) in [5, 5.41) is 1.64. The molecule has 0 radical (unpaired) electrons. The minimum absolute atomic E-state index is 0.0273. The molecule has 2 aromatic carbocycles. The Morgan fingerprint density at radius 1 is 1.03 bits per heavy atom. The van der Waals surface area contributed by atoms with Gasteiger partial charge in [0.05, 0.1) is 10.9 Å². The summed E-state index contributed by atoms with van der Waals surface area (Å²) < 4.78 is 29.0. The normalized spacial score (nSPS) is 23.7. The Labute approximate surface area is 178 Å². The number of nitrogens with two attached hydrogens (primary N) is 1. The van der Waals surface area contributed by atoms with Crippen LogP contribution in [0.3, 0.4) is 0 Å². The molecule has 0 unspecified atom stereocenters. The molecule has 0 heterocycles. The first-order valence-corrected chi connectivity index (χ1v) is 12.4. The van der Waals surface area contributed by atoms with Gasteiger partial charge in [0.2, 0.25) is 15.9 Å². The highest BCUT2D eigenvalue weighted by atomic mass is 32.2. The van der Waals surface area contributed by atoms with Gasteiger partial charge in [-0.2, -0.15) is 0 Å². The Kier molecular flexibility index (Phi) is 6.14. The van der Waals surface area contributed by atoms with Crippen LogP contribution in [0.4, 0.5) is 0 Å². The summed E-state index contributed by atoms with van der Waals surface area (Å²) in [7, 11) is -1.76. The lowest BCUT2D eigenvalue weighted by Crippen LogP contribution is -2.52. The monoisotopic (exact) mass is 429 g/mol. The van der Waals surface area contributed by atoms with E-state index in [1.165, 1.54) is 6.42 Å². The number of fused-ring (bicyclic) bond motifs is 1. The number of carbonyl (C=O) groups excluding carboxylic acids is 1. The lowest BCUT2D eigenvalue weighted by Gasteiger charge is -2.38. The van der Waals surface area contributed by atoms with Gasteiger partial charge in [-0.25, -0.2) is 13.1 Å². The molecule has 2 aromatic rings. The molecular formula is C23H31N3O3S. The molecule has 1 amide bonds. The zero-order valence-electron chi connectivity index (χ0n) is 17.5. The minimum atomic E-state index is -3.62. The fourth-order valence-electron chi connectivity index (χ4n) is 4.70. The van der Waals surface area contributed by atoms with Crippen LogP contribution in [0.15, 0.2) is 47.4 Å². The molecule has 0 aromatic heterocycles. The Morgan fingerprint density at radius 3 is 2.37 bits per heavy atom. The maximum absolute atomic E-state index is 13.0. The number of carbonyl (C=O) groups is 1. The van der Waals surface area contributed by atoms with E-state index >= 15 is 0 Å². The second-order valence-corrected chi connectivity index (χ2v) is 10.5. The number of hydrogen-bond donors (Lipinski definition) is 2. The smallest absolute Gasteiger partial charge is 0.241 e. The molecule has 2 aliphatic rings. The number of hydrogen-bond acceptors (Lipinski definition) is 4. The van der Waals surface area contributed by atoms with E-state index in [9.17, 15) is 13.2 Å². The van der Waals surface area contributed by atoms with E-state index in [2.05, 4.69) is 4.72 Å². The summed E-state index contributed by atoms with van der Waals surface area (Å²) >= 11 is 0. The van der Waals surface area contributed by atoms with Gasteiger partial charge >= 0.3 is 0 Å². The molecule has 2 aliphatic carbocycles. The van der Waals surface area contributed by atoms with E-state index in [0.29, 0.717) is 23.8 Å². The van der Waals surface area contributed by atoms with Crippen molar-refractivity contribution in [3.8, 4) is 0 Å². The average molecular weight is 430 g/mol. The molecule has 30 heavy (non-hydrogen) atoms. The largest absolute Gasteiger partial charge is 0.341 e. The zero-order valence-corrected chi connectivity index (χ0v) is 18.3. The first kappa shape index (κ1) is 21.3. The highest BCUT2D eigenvalue weighted by Crippen LogP contribution is 2.31. The molecule has 0 aliphatic heterocycles. The van der Waals surface area contributed by atoms with Crippen LogP contribution in [-0.4, -0.2) is 44.4 Å². The van der Waals surface area contributed by atoms with E-state index in [1.54, 1.807) is 12.1 Å². The quantitative estimate of drug-likeness (QED) is 0.738. The van der Waals surface area contributed by atoms with Crippen molar-refractivity contribution >= 4 is 26.7 Å².